The molecule has 1 aromatic heterocycles. The zero-order chi connectivity index (χ0) is 20.1. The number of benzene rings is 1. The number of aromatic nitrogens is 1. The summed E-state index contributed by atoms with van der Waals surface area (Å²) in [7, 11) is -3.18. The zero-order valence-corrected chi connectivity index (χ0v) is 20.1. The molecule has 0 amide bonds. The van der Waals surface area contributed by atoms with Gasteiger partial charge in [-0.15, -0.1) is 24.0 Å². The molecule has 9 heteroatoms. The minimum absolute atomic E-state index is 0. The molecule has 0 saturated carbocycles. The number of guanidine groups is 1. The summed E-state index contributed by atoms with van der Waals surface area (Å²) >= 11 is 0. The van der Waals surface area contributed by atoms with Crippen LogP contribution in [0.25, 0.3) is 11.5 Å². The lowest BCUT2D eigenvalue weighted by Crippen LogP contribution is -2.47. The maximum Gasteiger partial charge on any atom is 0.226 e. The summed E-state index contributed by atoms with van der Waals surface area (Å²) < 4.78 is 28.3. The third kappa shape index (κ3) is 6.77. The Hall–Kier alpha value is -1.62. The van der Waals surface area contributed by atoms with Gasteiger partial charge in [0.1, 0.15) is 12.0 Å². The van der Waals surface area contributed by atoms with Crippen LogP contribution in [0.15, 0.2) is 39.9 Å². The Bertz CT molecular complexity index is 890. The molecule has 156 valence electrons. The number of nitrogens with one attached hydrogen (secondary N) is 2. The second kappa shape index (κ2) is 10.2. The minimum atomic E-state index is -3.18. The van der Waals surface area contributed by atoms with E-state index in [1.807, 2.05) is 38.1 Å². The van der Waals surface area contributed by atoms with Crippen molar-refractivity contribution in [2.45, 2.75) is 39.0 Å². The Labute approximate surface area is 184 Å². The van der Waals surface area contributed by atoms with E-state index in [0.29, 0.717) is 30.6 Å². The first-order chi connectivity index (χ1) is 12.6. The molecule has 2 aromatic rings. The smallest absolute Gasteiger partial charge is 0.226 e. The molecule has 0 aliphatic carbocycles. The zero-order valence-electron chi connectivity index (χ0n) is 16.9. The number of oxazole rings is 1. The maximum absolute atomic E-state index is 11.8. The minimum Gasteiger partial charge on any atom is -0.444 e. The van der Waals surface area contributed by atoms with E-state index in [1.54, 1.807) is 20.1 Å². The van der Waals surface area contributed by atoms with E-state index < -0.39 is 14.6 Å². The van der Waals surface area contributed by atoms with Crippen LogP contribution in [0.2, 0.25) is 0 Å². The lowest BCUT2D eigenvalue weighted by Gasteiger charge is -2.24. The molecule has 2 rings (SSSR count). The highest BCUT2D eigenvalue weighted by Gasteiger charge is 2.30. The number of rotatable bonds is 7. The number of aryl methyl sites for hydroxylation is 1. The van der Waals surface area contributed by atoms with Gasteiger partial charge in [-0.1, -0.05) is 17.7 Å². The number of halogens is 1. The second-order valence-corrected chi connectivity index (χ2v) is 9.74. The third-order valence-corrected chi connectivity index (χ3v) is 6.43. The van der Waals surface area contributed by atoms with Crippen molar-refractivity contribution in [3.8, 4) is 11.5 Å². The van der Waals surface area contributed by atoms with Crippen molar-refractivity contribution < 1.29 is 12.8 Å². The van der Waals surface area contributed by atoms with Crippen LogP contribution in [0.1, 0.15) is 32.0 Å². The Kier molecular flexibility index (Phi) is 8.93. The van der Waals surface area contributed by atoms with Crippen LogP contribution in [0, 0.1) is 6.92 Å². The van der Waals surface area contributed by atoms with Gasteiger partial charge in [-0.25, -0.2) is 18.4 Å². The molecule has 0 radical (unpaired) electrons. The topological polar surface area (TPSA) is 96.6 Å². The van der Waals surface area contributed by atoms with Crippen LogP contribution < -0.4 is 10.6 Å². The van der Waals surface area contributed by atoms with Crippen LogP contribution in [0.4, 0.5) is 0 Å². The first-order valence-electron chi connectivity index (χ1n) is 8.85. The van der Waals surface area contributed by atoms with Gasteiger partial charge in [0.2, 0.25) is 5.89 Å². The highest BCUT2D eigenvalue weighted by molar-refractivity contribution is 14.0. The van der Waals surface area contributed by atoms with Crippen molar-refractivity contribution >= 4 is 39.8 Å². The van der Waals surface area contributed by atoms with Gasteiger partial charge >= 0.3 is 0 Å². The van der Waals surface area contributed by atoms with Crippen LogP contribution in [-0.2, 0) is 16.4 Å². The summed E-state index contributed by atoms with van der Waals surface area (Å²) in [6.07, 6.45) is 2.82. The lowest BCUT2D eigenvalue weighted by molar-refractivity contribution is 0.544. The fourth-order valence-electron chi connectivity index (χ4n) is 2.14. The van der Waals surface area contributed by atoms with E-state index in [4.69, 9.17) is 4.42 Å². The molecule has 0 saturated heterocycles. The van der Waals surface area contributed by atoms with Gasteiger partial charge in [-0.05, 0) is 39.8 Å². The van der Waals surface area contributed by atoms with E-state index in [2.05, 4.69) is 20.6 Å². The molecule has 0 atom stereocenters. The van der Waals surface area contributed by atoms with Crippen LogP contribution in [0.3, 0.4) is 0 Å². The van der Waals surface area contributed by atoms with Crippen molar-refractivity contribution in [2.24, 2.45) is 4.99 Å². The first-order valence-corrected chi connectivity index (χ1v) is 10.7. The van der Waals surface area contributed by atoms with Crippen LogP contribution in [-0.4, -0.2) is 43.5 Å². The number of nitrogens with zero attached hydrogens (tertiary/aromatic N) is 2. The summed E-state index contributed by atoms with van der Waals surface area (Å²) in [6.45, 7) is 8.59. The van der Waals surface area contributed by atoms with Gasteiger partial charge < -0.3 is 15.1 Å². The van der Waals surface area contributed by atoms with Gasteiger partial charge in [0.25, 0.3) is 0 Å². The predicted octanol–water partition coefficient (Wildman–Crippen LogP) is 3.15. The average Bonchev–Trinajstić information content (AvgIpc) is 3.06. The molecule has 1 heterocycles. The molecule has 28 heavy (non-hydrogen) atoms. The largest absolute Gasteiger partial charge is 0.444 e. The summed E-state index contributed by atoms with van der Waals surface area (Å²) in [5.41, 5.74) is 2.79. The first kappa shape index (κ1) is 24.4. The van der Waals surface area contributed by atoms with Crippen molar-refractivity contribution in [3.05, 3.63) is 41.8 Å². The molecule has 0 fully saturated rings. The molecule has 7 nitrogen and oxygen atoms in total. The highest BCUT2D eigenvalue weighted by Crippen LogP contribution is 2.19. The molecule has 0 spiro atoms. The molecule has 0 aliphatic rings. The number of aliphatic imine (C=N–C) groups is 1. The van der Waals surface area contributed by atoms with Gasteiger partial charge in [-0.2, -0.15) is 0 Å². The Balaban J connectivity index is 0.00000392. The van der Waals surface area contributed by atoms with Crippen molar-refractivity contribution in [2.75, 3.05) is 19.3 Å². The van der Waals surface area contributed by atoms with E-state index in [1.165, 1.54) is 11.8 Å². The third-order valence-electron chi connectivity index (χ3n) is 4.28. The summed E-state index contributed by atoms with van der Waals surface area (Å²) in [4.78, 5) is 8.93. The summed E-state index contributed by atoms with van der Waals surface area (Å²) in [6, 6.07) is 7.95. The average molecular weight is 520 g/mol. The molecular weight excluding hydrogens is 491 g/mol. The predicted molar refractivity (Wildman–Crippen MR) is 124 cm³/mol. The van der Waals surface area contributed by atoms with Crippen LogP contribution >= 0.6 is 24.0 Å². The second-order valence-electron chi connectivity index (χ2n) is 7.09. The molecule has 0 unspecified atom stereocenters. The molecule has 0 bridgehead atoms. The fraction of sp³-hybridized carbons (Fsp3) is 0.474. The van der Waals surface area contributed by atoms with Gasteiger partial charge in [0.05, 0.1) is 11.3 Å². The van der Waals surface area contributed by atoms with Crippen molar-refractivity contribution in [1.29, 1.82) is 0 Å². The van der Waals surface area contributed by atoms with E-state index in [9.17, 15) is 8.42 Å². The van der Waals surface area contributed by atoms with Crippen molar-refractivity contribution in [3.63, 3.8) is 0 Å². The van der Waals surface area contributed by atoms with Crippen molar-refractivity contribution in [1.82, 2.24) is 15.6 Å². The normalized spacial score (nSPS) is 12.4. The van der Waals surface area contributed by atoms with Gasteiger partial charge in [0, 0.05) is 24.9 Å². The van der Waals surface area contributed by atoms with E-state index in [-0.39, 0.29) is 30.5 Å². The molecule has 1 aromatic carbocycles. The maximum atomic E-state index is 11.8. The highest BCUT2D eigenvalue weighted by atomic mass is 127. The summed E-state index contributed by atoms with van der Waals surface area (Å²) in [5.74, 6) is 1.09. The van der Waals surface area contributed by atoms with E-state index in [0.717, 1.165) is 5.56 Å². The van der Waals surface area contributed by atoms with Gasteiger partial charge in [-0.3, -0.25) is 0 Å². The number of hydrogen-bond acceptors (Lipinski definition) is 5. The monoisotopic (exact) mass is 520 g/mol. The summed E-state index contributed by atoms with van der Waals surface area (Å²) in [5, 5.41) is 6.19. The SMILES string of the molecule is CCNC(=NCc1coc(-c2ccc(C)cc2)n1)NCC(C)(C)S(C)(=O)=O.I. The van der Waals surface area contributed by atoms with Crippen LogP contribution in [0.5, 0.6) is 0 Å². The molecular formula is C19H29IN4O3S. The number of sulfone groups is 1. The Morgan fingerprint density at radius 3 is 2.43 bits per heavy atom. The molecule has 2 N–H and O–H groups in total. The Morgan fingerprint density at radius 1 is 1.21 bits per heavy atom. The standard InChI is InChI=1S/C19H28N4O3S.HI/c1-6-20-18(22-13-19(3,4)27(5,24)25)21-11-16-12-26-17(23-16)15-9-7-14(2)8-10-15;/h7-10,12H,6,11,13H2,1-5H3,(H2,20,21,22);1H. The number of hydrogen-bond donors (Lipinski definition) is 2. The van der Waals surface area contributed by atoms with E-state index >= 15 is 0 Å². The lowest BCUT2D eigenvalue weighted by atomic mass is 10.1. The molecule has 0 aliphatic heterocycles. The quantitative estimate of drug-likeness (QED) is 0.331. The Morgan fingerprint density at radius 2 is 1.86 bits per heavy atom. The van der Waals surface area contributed by atoms with Gasteiger partial charge in [0.15, 0.2) is 15.8 Å². The fourth-order valence-corrected chi connectivity index (χ4v) is 2.47.